The van der Waals surface area contributed by atoms with Gasteiger partial charge in [-0.2, -0.15) is 5.10 Å². The van der Waals surface area contributed by atoms with E-state index in [9.17, 15) is 9.18 Å². The second kappa shape index (κ2) is 8.18. The zero-order valence-corrected chi connectivity index (χ0v) is 18.5. The summed E-state index contributed by atoms with van der Waals surface area (Å²) in [4.78, 5) is 18.9. The fraction of sp³-hybridized carbons (Fsp3) is 0.333. The Morgan fingerprint density at radius 1 is 1.03 bits per heavy atom. The molecular weight excluding hydrogens is 415 g/mol. The second-order valence-corrected chi connectivity index (χ2v) is 9.16. The molecule has 1 atom stereocenters. The van der Waals surface area contributed by atoms with Crippen LogP contribution in [-0.2, 0) is 30.5 Å². The van der Waals surface area contributed by atoms with Gasteiger partial charge < -0.3 is 9.88 Å². The van der Waals surface area contributed by atoms with E-state index >= 15 is 0 Å². The lowest BCUT2D eigenvalue weighted by atomic mass is 9.91. The molecule has 2 aliphatic rings. The summed E-state index contributed by atoms with van der Waals surface area (Å²) in [6, 6.07) is 14.5. The van der Waals surface area contributed by atoms with Crippen LogP contribution in [0, 0.1) is 5.82 Å². The highest BCUT2D eigenvalue weighted by molar-refractivity contribution is 5.86. The molecule has 1 aliphatic carbocycles. The van der Waals surface area contributed by atoms with E-state index in [2.05, 4.69) is 21.2 Å². The minimum atomic E-state index is -0.456. The summed E-state index contributed by atoms with van der Waals surface area (Å²) in [5, 5.41) is 8.84. The van der Waals surface area contributed by atoms with Crippen LogP contribution >= 0.6 is 0 Å². The van der Waals surface area contributed by atoms with E-state index in [0.29, 0.717) is 24.9 Å². The van der Waals surface area contributed by atoms with Gasteiger partial charge in [0.1, 0.15) is 11.9 Å². The number of hydrogen-bond donors (Lipinski definition) is 2. The number of halogens is 1. The Labute approximate surface area is 192 Å². The maximum atomic E-state index is 15.0. The zero-order chi connectivity index (χ0) is 22.4. The molecule has 1 unspecified atom stereocenters. The van der Waals surface area contributed by atoms with Crippen LogP contribution < -0.4 is 0 Å². The number of hydrogen-bond acceptors (Lipinski definition) is 2. The molecule has 0 spiro atoms. The van der Waals surface area contributed by atoms with Crippen LogP contribution in [0.5, 0.6) is 0 Å². The van der Waals surface area contributed by atoms with Gasteiger partial charge in [0.25, 0.3) is 0 Å². The summed E-state index contributed by atoms with van der Waals surface area (Å²) >= 11 is 0. The highest BCUT2D eigenvalue weighted by atomic mass is 19.1. The molecule has 2 aromatic carbocycles. The van der Waals surface area contributed by atoms with Gasteiger partial charge in [0.05, 0.1) is 5.69 Å². The quantitative estimate of drug-likeness (QED) is 0.466. The third-order valence-electron chi connectivity index (χ3n) is 7.27. The van der Waals surface area contributed by atoms with Crippen LogP contribution in [0.3, 0.4) is 0 Å². The monoisotopic (exact) mass is 442 g/mol. The average molecular weight is 443 g/mol. The van der Waals surface area contributed by atoms with E-state index in [1.54, 1.807) is 12.1 Å². The minimum absolute atomic E-state index is 0.0418. The molecule has 0 bridgehead atoms. The van der Waals surface area contributed by atoms with Crippen molar-refractivity contribution in [2.75, 3.05) is 6.54 Å². The number of nitrogens with one attached hydrogen (secondary N) is 2. The van der Waals surface area contributed by atoms with E-state index in [0.717, 1.165) is 41.6 Å². The molecule has 6 rings (SSSR count). The Morgan fingerprint density at radius 3 is 2.76 bits per heavy atom. The van der Waals surface area contributed by atoms with Crippen molar-refractivity contribution in [3.05, 3.63) is 88.1 Å². The number of H-pyrrole nitrogens is 2. The molecular formula is C27H27FN4O. The molecule has 0 fully saturated rings. The van der Waals surface area contributed by atoms with Crippen molar-refractivity contribution in [1.82, 2.24) is 20.1 Å². The Morgan fingerprint density at radius 2 is 1.85 bits per heavy atom. The van der Waals surface area contributed by atoms with E-state index in [-0.39, 0.29) is 11.7 Å². The van der Waals surface area contributed by atoms with E-state index in [4.69, 9.17) is 0 Å². The van der Waals surface area contributed by atoms with Gasteiger partial charge in [0.15, 0.2) is 0 Å². The van der Waals surface area contributed by atoms with Crippen LogP contribution in [0.15, 0.2) is 48.5 Å². The molecule has 4 aromatic rings. The molecule has 0 saturated heterocycles. The molecule has 0 radical (unpaired) electrons. The van der Waals surface area contributed by atoms with Crippen molar-refractivity contribution >= 4 is 16.8 Å². The summed E-state index contributed by atoms with van der Waals surface area (Å²) in [5.41, 5.74) is 7.23. The lowest BCUT2D eigenvalue weighted by Crippen LogP contribution is -2.41. The average Bonchev–Trinajstić information content (AvgIpc) is 3.44. The van der Waals surface area contributed by atoms with Crippen LogP contribution in [-0.4, -0.2) is 32.5 Å². The number of aryl methyl sites for hydroxylation is 2. The van der Waals surface area contributed by atoms with Crippen molar-refractivity contribution in [2.24, 2.45) is 0 Å². The molecule has 3 heterocycles. The fourth-order valence-electron chi connectivity index (χ4n) is 5.66. The number of carbonyl (C=O) groups is 1. The first-order chi connectivity index (χ1) is 16.2. The summed E-state index contributed by atoms with van der Waals surface area (Å²) in [6.45, 7) is 0.575. The van der Waals surface area contributed by atoms with E-state index < -0.39 is 6.04 Å². The van der Waals surface area contributed by atoms with Crippen LogP contribution in [0.2, 0.25) is 0 Å². The van der Waals surface area contributed by atoms with Crippen molar-refractivity contribution in [1.29, 1.82) is 0 Å². The molecule has 2 N–H and O–H groups in total. The largest absolute Gasteiger partial charge is 0.356 e. The van der Waals surface area contributed by atoms with Gasteiger partial charge in [-0.25, -0.2) is 4.39 Å². The zero-order valence-electron chi connectivity index (χ0n) is 18.5. The number of nitrogens with zero attached hydrogens (tertiary/aromatic N) is 2. The van der Waals surface area contributed by atoms with Gasteiger partial charge >= 0.3 is 0 Å². The highest BCUT2D eigenvalue weighted by Gasteiger charge is 2.35. The summed E-state index contributed by atoms with van der Waals surface area (Å²) in [6.07, 6.45) is 6.20. The topological polar surface area (TPSA) is 64.8 Å². The molecule has 1 aliphatic heterocycles. The van der Waals surface area contributed by atoms with Crippen LogP contribution in [0.1, 0.15) is 59.1 Å². The molecule has 1 amide bonds. The lowest BCUT2D eigenvalue weighted by Gasteiger charge is -2.36. The van der Waals surface area contributed by atoms with E-state index in [1.165, 1.54) is 35.7 Å². The molecule has 2 aromatic heterocycles. The van der Waals surface area contributed by atoms with Crippen molar-refractivity contribution < 1.29 is 9.18 Å². The number of carbonyl (C=O) groups excluding carboxylic acids is 1. The number of benzene rings is 2. The number of amides is 1. The SMILES string of the molecule is O=C(CCc1n[nH]c2c1CCCC2)N1CCc2c([nH]c3ccccc23)C1c1ccccc1F. The second-order valence-electron chi connectivity index (χ2n) is 9.16. The minimum Gasteiger partial charge on any atom is -0.356 e. The number of para-hydroxylation sites is 1. The maximum Gasteiger partial charge on any atom is 0.223 e. The number of fused-ring (bicyclic) bond motifs is 4. The first kappa shape index (κ1) is 20.2. The first-order valence-corrected chi connectivity index (χ1v) is 11.9. The predicted molar refractivity (Wildman–Crippen MR) is 126 cm³/mol. The Bertz CT molecular complexity index is 1340. The van der Waals surface area contributed by atoms with Gasteiger partial charge in [-0.3, -0.25) is 9.89 Å². The maximum absolute atomic E-state index is 15.0. The van der Waals surface area contributed by atoms with Crippen LogP contribution in [0.25, 0.3) is 10.9 Å². The van der Waals surface area contributed by atoms with Crippen LogP contribution in [0.4, 0.5) is 4.39 Å². The molecule has 33 heavy (non-hydrogen) atoms. The molecule has 5 nitrogen and oxygen atoms in total. The molecule has 6 heteroatoms. The number of aromatic amines is 2. The summed E-state index contributed by atoms with van der Waals surface area (Å²) < 4.78 is 15.0. The lowest BCUT2D eigenvalue weighted by molar-refractivity contribution is -0.133. The number of rotatable bonds is 4. The van der Waals surface area contributed by atoms with Crippen molar-refractivity contribution in [3.63, 3.8) is 0 Å². The van der Waals surface area contributed by atoms with Crippen molar-refractivity contribution in [3.8, 4) is 0 Å². The van der Waals surface area contributed by atoms with Gasteiger partial charge in [-0.15, -0.1) is 0 Å². The summed E-state index contributed by atoms with van der Waals surface area (Å²) in [7, 11) is 0. The van der Waals surface area contributed by atoms with Gasteiger partial charge in [-0.1, -0.05) is 36.4 Å². The Hall–Kier alpha value is -3.41. The normalized spacial score (nSPS) is 17.7. The van der Waals surface area contributed by atoms with Gasteiger partial charge in [-0.05, 0) is 55.4 Å². The molecule has 0 saturated carbocycles. The Balaban J connectivity index is 1.34. The van der Waals surface area contributed by atoms with Gasteiger partial charge in [0, 0.05) is 47.2 Å². The van der Waals surface area contributed by atoms with E-state index in [1.807, 2.05) is 29.2 Å². The fourth-order valence-corrected chi connectivity index (χ4v) is 5.66. The Kier molecular flexibility index (Phi) is 5.01. The standard InChI is InChI=1S/C27H27FN4O/c28-21-10-4-1-8-19(21)27-26-18(17-7-2-5-11-22(17)29-26)15-16-32(27)25(33)14-13-24-20-9-3-6-12-23(20)30-31-24/h1-2,4-5,7-8,10-11,27,29H,3,6,9,12-16H2,(H,30,31). The first-order valence-electron chi connectivity index (χ1n) is 11.9. The molecule has 168 valence electrons. The third kappa shape index (κ3) is 3.45. The summed E-state index contributed by atoms with van der Waals surface area (Å²) in [5.74, 6) is -0.242. The van der Waals surface area contributed by atoms with Crippen molar-refractivity contribution in [2.45, 2.75) is 51.0 Å². The highest BCUT2D eigenvalue weighted by Crippen LogP contribution is 2.39. The predicted octanol–water partition coefficient (Wildman–Crippen LogP) is 5.02. The number of aromatic nitrogens is 3. The van der Waals surface area contributed by atoms with Gasteiger partial charge in [0.2, 0.25) is 5.91 Å². The smallest absolute Gasteiger partial charge is 0.223 e. The third-order valence-corrected chi connectivity index (χ3v) is 7.27.